The van der Waals surface area contributed by atoms with E-state index in [2.05, 4.69) is 10.00 Å². The zero-order valence-electron chi connectivity index (χ0n) is 16.3. The maximum absolute atomic E-state index is 14.2. The van der Waals surface area contributed by atoms with Crippen LogP contribution >= 0.6 is 11.6 Å². The summed E-state index contributed by atoms with van der Waals surface area (Å²) in [4.78, 5) is 17.0. The number of carbonyl (C=O) groups excluding carboxylic acids is 1. The van der Waals surface area contributed by atoms with Gasteiger partial charge < -0.3 is 4.90 Å². The van der Waals surface area contributed by atoms with Gasteiger partial charge in [-0.3, -0.25) is 14.4 Å². The maximum Gasteiger partial charge on any atom is 0.237 e. The maximum atomic E-state index is 14.2. The second kappa shape index (κ2) is 8.21. The first-order valence-electron chi connectivity index (χ1n) is 10.0. The van der Waals surface area contributed by atoms with Crippen LogP contribution in [0, 0.1) is 12.7 Å². The summed E-state index contributed by atoms with van der Waals surface area (Å²) in [6.45, 7) is 6.11. The van der Waals surface area contributed by atoms with Gasteiger partial charge in [-0.15, -0.1) is 0 Å². The molecule has 28 heavy (non-hydrogen) atoms. The number of fused-ring (bicyclic) bond motifs is 1. The molecule has 0 bridgehead atoms. The molecule has 0 N–H and O–H groups in total. The van der Waals surface area contributed by atoms with Crippen LogP contribution in [0.5, 0.6) is 0 Å². The van der Waals surface area contributed by atoms with Gasteiger partial charge in [-0.2, -0.15) is 5.10 Å². The van der Waals surface area contributed by atoms with E-state index in [0.717, 1.165) is 37.4 Å². The van der Waals surface area contributed by atoms with Crippen LogP contribution in [0.3, 0.4) is 0 Å². The van der Waals surface area contributed by atoms with E-state index in [1.807, 2.05) is 16.5 Å². The average molecular weight is 405 g/mol. The smallest absolute Gasteiger partial charge is 0.237 e. The first kappa shape index (κ1) is 19.4. The molecule has 1 amide bonds. The van der Waals surface area contributed by atoms with Crippen molar-refractivity contribution in [3.05, 3.63) is 51.6 Å². The molecule has 0 radical (unpaired) electrons. The number of rotatable bonds is 4. The molecule has 150 valence electrons. The van der Waals surface area contributed by atoms with Crippen LogP contribution < -0.4 is 0 Å². The molecule has 0 spiro atoms. The van der Waals surface area contributed by atoms with Gasteiger partial charge in [-0.05, 0) is 57.0 Å². The molecular weight excluding hydrogens is 379 g/mol. The lowest BCUT2D eigenvalue weighted by Crippen LogP contribution is -2.44. The standard InChI is InChI=1S/C21H26ClFN4O/c1-15-18-7-10-26(21(28)14-25-8-3-2-4-9-25)13-20(18)27(24-15)12-16-5-6-17(22)11-19(16)23/h5-6,11H,2-4,7-10,12-14H2,1H3. The third kappa shape index (κ3) is 4.08. The second-order valence-electron chi connectivity index (χ2n) is 7.81. The molecule has 1 aromatic carbocycles. The Morgan fingerprint density at radius 1 is 1.21 bits per heavy atom. The molecule has 1 aromatic heterocycles. The molecule has 0 aliphatic carbocycles. The number of hydrogen-bond acceptors (Lipinski definition) is 3. The van der Waals surface area contributed by atoms with Crippen LogP contribution in [0.15, 0.2) is 18.2 Å². The first-order valence-corrected chi connectivity index (χ1v) is 10.4. The number of amides is 1. The zero-order chi connectivity index (χ0) is 19.7. The molecule has 3 heterocycles. The highest BCUT2D eigenvalue weighted by atomic mass is 35.5. The van der Waals surface area contributed by atoms with Gasteiger partial charge in [0.2, 0.25) is 5.91 Å². The van der Waals surface area contributed by atoms with Crippen molar-refractivity contribution >= 4 is 17.5 Å². The number of aryl methyl sites for hydroxylation is 1. The van der Waals surface area contributed by atoms with Gasteiger partial charge in [-0.1, -0.05) is 24.1 Å². The van der Waals surface area contributed by atoms with Gasteiger partial charge in [0.1, 0.15) is 5.82 Å². The Bertz CT molecular complexity index is 876. The molecule has 4 rings (SSSR count). The highest BCUT2D eigenvalue weighted by Gasteiger charge is 2.27. The molecule has 2 aromatic rings. The van der Waals surface area contributed by atoms with E-state index in [1.165, 1.54) is 30.9 Å². The van der Waals surface area contributed by atoms with Crippen LogP contribution in [0.2, 0.25) is 5.02 Å². The summed E-state index contributed by atoms with van der Waals surface area (Å²) in [6.07, 6.45) is 4.42. The Labute approximate surface area is 170 Å². The van der Waals surface area contributed by atoms with Gasteiger partial charge in [0.25, 0.3) is 0 Å². The minimum Gasteiger partial charge on any atom is -0.335 e. The van der Waals surface area contributed by atoms with Crippen LogP contribution in [0.1, 0.15) is 41.8 Å². The van der Waals surface area contributed by atoms with Crippen molar-refractivity contribution in [2.75, 3.05) is 26.2 Å². The van der Waals surface area contributed by atoms with E-state index in [9.17, 15) is 9.18 Å². The van der Waals surface area contributed by atoms with Gasteiger partial charge in [0.05, 0.1) is 31.0 Å². The quantitative estimate of drug-likeness (QED) is 0.784. The van der Waals surface area contributed by atoms with E-state index in [0.29, 0.717) is 30.2 Å². The third-order valence-corrected chi connectivity index (χ3v) is 6.07. The summed E-state index contributed by atoms with van der Waals surface area (Å²) >= 11 is 5.86. The zero-order valence-corrected chi connectivity index (χ0v) is 17.0. The molecule has 5 nitrogen and oxygen atoms in total. The molecule has 0 saturated carbocycles. The monoisotopic (exact) mass is 404 g/mol. The fourth-order valence-corrected chi connectivity index (χ4v) is 4.40. The van der Waals surface area contributed by atoms with Crippen LogP contribution in [0.25, 0.3) is 0 Å². The first-order chi connectivity index (χ1) is 13.5. The largest absolute Gasteiger partial charge is 0.335 e. The number of likely N-dealkylation sites (tertiary alicyclic amines) is 1. The van der Waals surface area contributed by atoms with E-state index < -0.39 is 0 Å². The highest BCUT2D eigenvalue weighted by Crippen LogP contribution is 2.24. The summed E-state index contributed by atoms with van der Waals surface area (Å²) in [5.74, 6) is -0.154. The van der Waals surface area contributed by atoms with E-state index in [-0.39, 0.29) is 11.7 Å². The van der Waals surface area contributed by atoms with E-state index >= 15 is 0 Å². The van der Waals surface area contributed by atoms with Crippen molar-refractivity contribution < 1.29 is 9.18 Å². The predicted octanol–water partition coefficient (Wildman–Crippen LogP) is 3.40. The van der Waals surface area contributed by atoms with E-state index in [1.54, 1.807) is 12.1 Å². The lowest BCUT2D eigenvalue weighted by Gasteiger charge is -2.32. The molecule has 1 fully saturated rings. The molecular formula is C21H26ClFN4O. The van der Waals surface area contributed by atoms with Gasteiger partial charge in [-0.25, -0.2) is 4.39 Å². The van der Waals surface area contributed by atoms with E-state index in [4.69, 9.17) is 11.6 Å². The highest BCUT2D eigenvalue weighted by molar-refractivity contribution is 6.30. The number of carbonyl (C=O) groups is 1. The molecule has 1 saturated heterocycles. The number of hydrogen-bond donors (Lipinski definition) is 0. The van der Waals surface area contributed by atoms with Crippen LogP contribution in [0.4, 0.5) is 4.39 Å². The summed E-state index contributed by atoms with van der Waals surface area (Å²) in [5.41, 5.74) is 3.72. The molecule has 0 atom stereocenters. The fraction of sp³-hybridized carbons (Fsp3) is 0.524. The van der Waals surface area contributed by atoms with Crippen LogP contribution in [-0.4, -0.2) is 51.7 Å². The fourth-order valence-electron chi connectivity index (χ4n) is 4.24. The minimum atomic E-state index is -0.330. The summed E-state index contributed by atoms with van der Waals surface area (Å²) in [5, 5.41) is 5.01. The normalized spacial score (nSPS) is 17.6. The molecule has 2 aliphatic rings. The molecule has 0 unspecified atom stereocenters. The van der Waals surface area contributed by atoms with Crippen LogP contribution in [-0.2, 0) is 24.3 Å². The van der Waals surface area contributed by atoms with Gasteiger partial charge in [0.15, 0.2) is 0 Å². The number of nitrogens with zero attached hydrogens (tertiary/aromatic N) is 4. The molecule has 2 aliphatic heterocycles. The van der Waals surface area contributed by atoms with Crippen molar-refractivity contribution in [2.45, 2.75) is 45.7 Å². The average Bonchev–Trinajstić information content (AvgIpc) is 3.00. The Morgan fingerprint density at radius 2 is 2.00 bits per heavy atom. The summed E-state index contributed by atoms with van der Waals surface area (Å²) in [6, 6.07) is 4.72. The van der Waals surface area contributed by atoms with Crippen molar-refractivity contribution in [2.24, 2.45) is 0 Å². The Balaban J connectivity index is 1.50. The third-order valence-electron chi connectivity index (χ3n) is 5.84. The summed E-state index contributed by atoms with van der Waals surface area (Å²) < 4.78 is 16.1. The Morgan fingerprint density at radius 3 is 2.75 bits per heavy atom. The number of halogens is 2. The van der Waals surface area contributed by atoms with Gasteiger partial charge >= 0.3 is 0 Å². The van der Waals surface area contributed by atoms with Crippen molar-refractivity contribution in [3.63, 3.8) is 0 Å². The molecule has 7 heteroatoms. The van der Waals surface area contributed by atoms with Crippen molar-refractivity contribution in [3.8, 4) is 0 Å². The predicted molar refractivity (Wildman–Crippen MR) is 107 cm³/mol. The lowest BCUT2D eigenvalue weighted by atomic mass is 10.0. The minimum absolute atomic E-state index is 0.177. The summed E-state index contributed by atoms with van der Waals surface area (Å²) in [7, 11) is 0. The van der Waals surface area contributed by atoms with Crippen molar-refractivity contribution in [1.29, 1.82) is 0 Å². The Hall–Kier alpha value is -1.92. The number of aromatic nitrogens is 2. The van der Waals surface area contributed by atoms with Crippen molar-refractivity contribution in [1.82, 2.24) is 19.6 Å². The second-order valence-corrected chi connectivity index (χ2v) is 8.24. The lowest BCUT2D eigenvalue weighted by molar-refractivity contribution is -0.133. The van der Waals surface area contributed by atoms with Gasteiger partial charge in [0, 0.05) is 17.1 Å². The SMILES string of the molecule is Cc1nn(Cc2ccc(Cl)cc2F)c2c1CCN(C(=O)CN1CCCCC1)C2. The topological polar surface area (TPSA) is 41.4 Å². The number of piperidine rings is 1. The number of benzene rings is 1. The Kier molecular flexibility index (Phi) is 5.69.